The number of urea groups is 1. The molecular weight excluding hydrogens is 248 g/mol. The zero-order chi connectivity index (χ0) is 11.9. The minimum atomic E-state index is -3.21. The van der Waals surface area contributed by atoms with Gasteiger partial charge < -0.3 is 5.73 Å². The summed E-state index contributed by atoms with van der Waals surface area (Å²) in [6.07, 6.45) is 1.15. The summed E-state index contributed by atoms with van der Waals surface area (Å²) in [5.41, 5.74) is 5.86. The zero-order valence-electron chi connectivity index (χ0n) is 8.50. The van der Waals surface area contributed by atoms with Gasteiger partial charge in [0.25, 0.3) is 0 Å². The lowest BCUT2D eigenvalue weighted by atomic mass is 10.3. The number of carbonyl (C=O) groups excluding carboxylic acids is 1. The van der Waals surface area contributed by atoms with Gasteiger partial charge in [0, 0.05) is 11.2 Å². The van der Waals surface area contributed by atoms with Gasteiger partial charge >= 0.3 is 6.03 Å². The van der Waals surface area contributed by atoms with E-state index >= 15 is 0 Å². The van der Waals surface area contributed by atoms with Crippen LogP contribution in [0, 0.1) is 0 Å². The molecule has 1 aromatic carbocycles. The van der Waals surface area contributed by atoms with Gasteiger partial charge in [0.05, 0.1) is 16.5 Å². The van der Waals surface area contributed by atoms with Gasteiger partial charge in [-0.3, -0.25) is 4.90 Å². The summed E-state index contributed by atoms with van der Waals surface area (Å²) in [6, 6.07) is 4.13. The second kappa shape index (κ2) is 3.67. The Morgan fingerprint density at radius 3 is 2.75 bits per heavy atom. The van der Waals surface area contributed by atoms with Crippen molar-refractivity contribution in [2.45, 2.75) is 9.79 Å². The Morgan fingerprint density at radius 1 is 1.50 bits per heavy atom. The maximum atomic E-state index is 11.3. The number of sulfone groups is 1. The number of primary amides is 1. The molecule has 0 radical (unpaired) electrons. The number of rotatable bonds is 1. The maximum Gasteiger partial charge on any atom is 0.320 e. The SMILES string of the molecule is CS(=O)(=O)c1ccc2c(c1)SCN2C(N)=O. The standard InChI is InChI=1S/C9H10N2O3S2/c1-16(13,14)6-2-3-7-8(4-6)15-5-11(7)9(10)12/h2-4H,5H2,1H3,(H2,10,12). The molecule has 0 fully saturated rings. The van der Waals surface area contributed by atoms with Crippen molar-refractivity contribution in [2.24, 2.45) is 5.73 Å². The van der Waals surface area contributed by atoms with Crippen molar-refractivity contribution in [1.82, 2.24) is 0 Å². The van der Waals surface area contributed by atoms with E-state index in [2.05, 4.69) is 0 Å². The van der Waals surface area contributed by atoms with Crippen molar-refractivity contribution < 1.29 is 13.2 Å². The number of nitrogens with zero attached hydrogens (tertiary/aromatic N) is 1. The Bertz CT molecular complexity index is 554. The molecule has 0 bridgehead atoms. The molecule has 2 N–H and O–H groups in total. The molecule has 2 rings (SSSR count). The molecule has 0 saturated carbocycles. The molecule has 1 aliphatic heterocycles. The van der Waals surface area contributed by atoms with Gasteiger partial charge in [-0.15, -0.1) is 11.8 Å². The molecule has 1 aliphatic rings. The quantitative estimate of drug-likeness (QED) is 0.816. The lowest BCUT2D eigenvalue weighted by Crippen LogP contribution is -2.33. The summed E-state index contributed by atoms with van der Waals surface area (Å²) in [7, 11) is -3.21. The van der Waals surface area contributed by atoms with Crippen LogP contribution in [-0.4, -0.2) is 26.6 Å². The predicted octanol–water partition coefficient (Wildman–Crippen LogP) is 1.04. The van der Waals surface area contributed by atoms with E-state index in [4.69, 9.17) is 5.73 Å². The summed E-state index contributed by atoms with van der Waals surface area (Å²) in [5.74, 6) is 0.428. The summed E-state index contributed by atoms with van der Waals surface area (Å²) >= 11 is 1.40. The zero-order valence-corrected chi connectivity index (χ0v) is 10.1. The first kappa shape index (κ1) is 11.3. The predicted molar refractivity (Wildman–Crippen MR) is 62.3 cm³/mol. The highest BCUT2D eigenvalue weighted by Gasteiger charge is 2.24. The average molecular weight is 258 g/mol. The fourth-order valence-electron chi connectivity index (χ4n) is 1.45. The minimum Gasteiger partial charge on any atom is -0.351 e. The van der Waals surface area contributed by atoms with E-state index in [1.807, 2.05) is 0 Å². The third-order valence-corrected chi connectivity index (χ3v) is 4.40. The highest BCUT2D eigenvalue weighted by Crippen LogP contribution is 2.39. The van der Waals surface area contributed by atoms with Crippen molar-refractivity contribution in [2.75, 3.05) is 17.0 Å². The van der Waals surface area contributed by atoms with Gasteiger partial charge in [0.2, 0.25) is 0 Å². The largest absolute Gasteiger partial charge is 0.351 e. The molecule has 0 aromatic heterocycles. The van der Waals surface area contributed by atoms with Gasteiger partial charge in [-0.05, 0) is 18.2 Å². The number of benzene rings is 1. The van der Waals surface area contributed by atoms with E-state index in [1.54, 1.807) is 12.1 Å². The van der Waals surface area contributed by atoms with Gasteiger partial charge in [-0.2, -0.15) is 0 Å². The summed E-state index contributed by atoms with van der Waals surface area (Å²) in [6.45, 7) is 0. The Kier molecular flexibility index (Phi) is 2.59. The van der Waals surface area contributed by atoms with Crippen molar-refractivity contribution in [3.63, 3.8) is 0 Å². The molecule has 1 heterocycles. The third kappa shape index (κ3) is 1.88. The van der Waals surface area contributed by atoms with Crippen LogP contribution in [0.5, 0.6) is 0 Å². The molecule has 0 saturated heterocycles. The van der Waals surface area contributed by atoms with E-state index in [0.29, 0.717) is 11.6 Å². The van der Waals surface area contributed by atoms with Crippen LogP contribution in [0.3, 0.4) is 0 Å². The van der Waals surface area contributed by atoms with Crippen LogP contribution >= 0.6 is 11.8 Å². The number of thioether (sulfide) groups is 1. The normalized spacial score (nSPS) is 14.9. The monoisotopic (exact) mass is 258 g/mol. The van der Waals surface area contributed by atoms with Gasteiger partial charge in [0.1, 0.15) is 0 Å². The van der Waals surface area contributed by atoms with Crippen LogP contribution in [0.4, 0.5) is 10.5 Å². The van der Waals surface area contributed by atoms with E-state index in [9.17, 15) is 13.2 Å². The van der Waals surface area contributed by atoms with Crippen molar-refractivity contribution >= 4 is 33.3 Å². The van der Waals surface area contributed by atoms with Crippen LogP contribution in [0.25, 0.3) is 0 Å². The van der Waals surface area contributed by atoms with Crippen molar-refractivity contribution in [3.05, 3.63) is 18.2 Å². The summed E-state index contributed by atoms with van der Waals surface area (Å²) < 4.78 is 22.7. The number of hydrogen-bond donors (Lipinski definition) is 1. The first-order valence-electron chi connectivity index (χ1n) is 4.43. The number of carbonyl (C=O) groups is 1. The fourth-order valence-corrected chi connectivity index (χ4v) is 3.24. The van der Waals surface area contributed by atoms with Crippen LogP contribution in [0.2, 0.25) is 0 Å². The molecule has 2 amide bonds. The smallest absolute Gasteiger partial charge is 0.320 e. The number of fused-ring (bicyclic) bond motifs is 1. The number of nitrogens with two attached hydrogens (primary N) is 1. The maximum absolute atomic E-state index is 11.3. The van der Waals surface area contributed by atoms with E-state index in [1.165, 1.54) is 22.7 Å². The average Bonchev–Trinajstić information content (AvgIpc) is 2.58. The fraction of sp³-hybridized carbons (Fsp3) is 0.222. The van der Waals surface area contributed by atoms with E-state index in [-0.39, 0.29) is 4.90 Å². The number of anilines is 1. The molecule has 5 nitrogen and oxygen atoms in total. The van der Waals surface area contributed by atoms with Crippen LogP contribution < -0.4 is 10.6 Å². The summed E-state index contributed by atoms with van der Waals surface area (Å²) in [4.78, 5) is 13.5. The van der Waals surface area contributed by atoms with Crippen molar-refractivity contribution in [3.8, 4) is 0 Å². The number of amides is 2. The van der Waals surface area contributed by atoms with Gasteiger partial charge in [-0.1, -0.05) is 0 Å². The molecule has 7 heteroatoms. The van der Waals surface area contributed by atoms with Crippen molar-refractivity contribution in [1.29, 1.82) is 0 Å². The van der Waals surface area contributed by atoms with Crippen LogP contribution in [0.15, 0.2) is 28.0 Å². The highest BCUT2D eigenvalue weighted by molar-refractivity contribution is 8.00. The Balaban J connectivity index is 2.48. The van der Waals surface area contributed by atoms with Crippen LogP contribution in [0.1, 0.15) is 0 Å². The summed E-state index contributed by atoms with van der Waals surface area (Å²) in [5, 5.41) is 0. The lowest BCUT2D eigenvalue weighted by molar-refractivity contribution is 0.255. The molecule has 0 aliphatic carbocycles. The van der Waals surface area contributed by atoms with Gasteiger partial charge in [-0.25, -0.2) is 13.2 Å². The molecule has 1 aromatic rings. The molecule has 0 spiro atoms. The minimum absolute atomic E-state index is 0.255. The topological polar surface area (TPSA) is 80.5 Å². The Labute approximate surface area is 97.5 Å². The van der Waals surface area contributed by atoms with Gasteiger partial charge in [0.15, 0.2) is 9.84 Å². The van der Waals surface area contributed by atoms with E-state index < -0.39 is 15.9 Å². The second-order valence-corrected chi connectivity index (χ2v) is 6.44. The molecular formula is C9H10N2O3S2. The Morgan fingerprint density at radius 2 is 2.19 bits per heavy atom. The third-order valence-electron chi connectivity index (χ3n) is 2.27. The number of hydrogen-bond acceptors (Lipinski definition) is 4. The first-order chi connectivity index (χ1) is 7.39. The molecule has 0 unspecified atom stereocenters. The Hall–Kier alpha value is -1.21. The molecule has 86 valence electrons. The first-order valence-corrected chi connectivity index (χ1v) is 7.31. The molecule has 0 atom stereocenters. The highest BCUT2D eigenvalue weighted by atomic mass is 32.2. The van der Waals surface area contributed by atoms with Crippen LogP contribution in [-0.2, 0) is 9.84 Å². The second-order valence-electron chi connectivity index (χ2n) is 3.44. The lowest BCUT2D eigenvalue weighted by Gasteiger charge is -2.12. The van der Waals surface area contributed by atoms with E-state index in [0.717, 1.165) is 11.2 Å². The molecule has 16 heavy (non-hydrogen) atoms.